The molecule has 0 spiro atoms. The second kappa shape index (κ2) is 7.69. The highest BCUT2D eigenvalue weighted by atomic mass is 79.9. The van der Waals surface area contributed by atoms with Crippen LogP contribution in [0, 0.1) is 0 Å². The van der Waals surface area contributed by atoms with Gasteiger partial charge in [-0.25, -0.2) is 0 Å². The first-order chi connectivity index (χ1) is 10.1. The summed E-state index contributed by atoms with van der Waals surface area (Å²) in [5, 5.41) is 3.69. The number of amides is 1. The van der Waals surface area contributed by atoms with Gasteiger partial charge in [0.2, 0.25) is 0 Å². The quantitative estimate of drug-likeness (QED) is 0.762. The van der Waals surface area contributed by atoms with Gasteiger partial charge in [-0.1, -0.05) is 51.3 Å². The summed E-state index contributed by atoms with van der Waals surface area (Å²) < 4.78 is 6.28. The van der Waals surface area contributed by atoms with Crippen LogP contribution in [0.25, 0.3) is 0 Å². The summed E-state index contributed by atoms with van der Waals surface area (Å²) in [6.45, 7) is 0.675. The molecule has 2 aromatic rings. The third kappa shape index (κ3) is 4.63. The van der Waals surface area contributed by atoms with Crippen molar-refractivity contribution in [2.45, 2.75) is 0 Å². The molecule has 0 aliphatic heterocycles. The van der Waals surface area contributed by atoms with E-state index < -0.39 is 0 Å². The zero-order chi connectivity index (χ0) is 15.2. The van der Waals surface area contributed by atoms with E-state index in [0.717, 1.165) is 4.47 Å². The first kappa shape index (κ1) is 16.1. The third-order valence-electron chi connectivity index (χ3n) is 2.65. The van der Waals surface area contributed by atoms with Crippen LogP contribution in [0.4, 0.5) is 0 Å². The van der Waals surface area contributed by atoms with Crippen LogP contribution in [-0.4, -0.2) is 19.1 Å². The molecule has 0 aliphatic carbocycles. The van der Waals surface area contributed by atoms with E-state index in [1.807, 2.05) is 12.1 Å². The van der Waals surface area contributed by atoms with E-state index in [4.69, 9.17) is 27.9 Å². The van der Waals surface area contributed by atoms with Crippen LogP contribution in [0.1, 0.15) is 10.4 Å². The maximum Gasteiger partial charge on any atom is 0.252 e. The standard InChI is InChI=1S/C15H12BrCl2NO2/c16-10-5-6-12(17)11(9-10)15(20)19-7-8-21-14-4-2-1-3-13(14)18/h1-6,9H,7-8H2,(H,19,20). The van der Waals surface area contributed by atoms with Crippen LogP contribution in [-0.2, 0) is 0 Å². The summed E-state index contributed by atoms with van der Waals surface area (Å²) in [5.41, 5.74) is 0.420. The van der Waals surface area contributed by atoms with E-state index in [0.29, 0.717) is 34.5 Å². The average Bonchev–Trinajstić information content (AvgIpc) is 2.47. The van der Waals surface area contributed by atoms with Gasteiger partial charge >= 0.3 is 0 Å². The van der Waals surface area contributed by atoms with Gasteiger partial charge < -0.3 is 10.1 Å². The van der Waals surface area contributed by atoms with E-state index in [2.05, 4.69) is 21.2 Å². The maximum atomic E-state index is 12.0. The molecule has 0 radical (unpaired) electrons. The van der Waals surface area contributed by atoms with Crippen LogP contribution >= 0.6 is 39.1 Å². The molecule has 21 heavy (non-hydrogen) atoms. The largest absolute Gasteiger partial charge is 0.490 e. The lowest BCUT2D eigenvalue weighted by atomic mass is 10.2. The lowest BCUT2D eigenvalue weighted by molar-refractivity contribution is 0.0947. The summed E-state index contributed by atoms with van der Waals surface area (Å²) in [6.07, 6.45) is 0. The van der Waals surface area contributed by atoms with Crippen molar-refractivity contribution in [2.75, 3.05) is 13.2 Å². The zero-order valence-corrected chi connectivity index (χ0v) is 14.0. The lowest BCUT2D eigenvalue weighted by Gasteiger charge is -2.09. The Morgan fingerprint density at radius 3 is 2.67 bits per heavy atom. The molecular formula is C15H12BrCl2NO2. The molecule has 1 amide bonds. The molecular weight excluding hydrogens is 377 g/mol. The van der Waals surface area contributed by atoms with Gasteiger partial charge in [-0.05, 0) is 30.3 Å². The van der Waals surface area contributed by atoms with Gasteiger partial charge in [-0.2, -0.15) is 0 Å². The van der Waals surface area contributed by atoms with Crippen molar-refractivity contribution >= 4 is 45.0 Å². The van der Waals surface area contributed by atoms with Gasteiger partial charge in [0, 0.05) is 4.47 Å². The summed E-state index contributed by atoms with van der Waals surface area (Å²) in [6, 6.07) is 12.3. The minimum absolute atomic E-state index is 0.246. The molecule has 0 aromatic heterocycles. The van der Waals surface area contributed by atoms with E-state index in [1.54, 1.807) is 30.3 Å². The number of ether oxygens (including phenoxy) is 1. The van der Waals surface area contributed by atoms with Gasteiger partial charge in [0.15, 0.2) is 0 Å². The molecule has 6 heteroatoms. The highest BCUT2D eigenvalue weighted by Crippen LogP contribution is 2.23. The molecule has 0 bridgehead atoms. The highest BCUT2D eigenvalue weighted by Gasteiger charge is 2.10. The third-order valence-corrected chi connectivity index (χ3v) is 3.79. The van der Waals surface area contributed by atoms with Crippen molar-refractivity contribution in [1.82, 2.24) is 5.32 Å². The fraction of sp³-hybridized carbons (Fsp3) is 0.133. The molecule has 0 aliphatic rings. The second-order valence-corrected chi connectivity index (χ2v) is 5.89. The molecule has 0 saturated carbocycles. The van der Waals surface area contributed by atoms with Crippen molar-refractivity contribution in [1.29, 1.82) is 0 Å². The number of carbonyl (C=O) groups is 1. The molecule has 3 nitrogen and oxygen atoms in total. The molecule has 1 N–H and O–H groups in total. The predicted molar refractivity (Wildman–Crippen MR) is 88.4 cm³/mol. The monoisotopic (exact) mass is 387 g/mol. The Morgan fingerprint density at radius 1 is 1.14 bits per heavy atom. The number of nitrogens with one attached hydrogen (secondary N) is 1. The number of hydrogen-bond acceptors (Lipinski definition) is 2. The lowest BCUT2D eigenvalue weighted by Crippen LogP contribution is -2.28. The molecule has 0 atom stereocenters. The minimum Gasteiger partial charge on any atom is -0.490 e. The van der Waals surface area contributed by atoms with Gasteiger partial charge in [-0.15, -0.1) is 0 Å². The van der Waals surface area contributed by atoms with Crippen LogP contribution in [0.3, 0.4) is 0 Å². The number of carbonyl (C=O) groups excluding carboxylic acids is 1. The van der Waals surface area contributed by atoms with E-state index in [1.165, 1.54) is 0 Å². The first-order valence-electron chi connectivity index (χ1n) is 6.18. The summed E-state index contributed by atoms with van der Waals surface area (Å²) >= 11 is 15.3. The number of benzene rings is 2. The summed E-state index contributed by atoms with van der Waals surface area (Å²) in [5.74, 6) is 0.345. The Hall–Kier alpha value is -1.23. The van der Waals surface area contributed by atoms with Crippen molar-refractivity contribution in [2.24, 2.45) is 0 Å². The fourth-order valence-electron chi connectivity index (χ4n) is 1.65. The Labute approximate surface area is 141 Å². The van der Waals surface area contributed by atoms with Crippen LogP contribution in [0.2, 0.25) is 10.0 Å². The maximum absolute atomic E-state index is 12.0. The zero-order valence-electron chi connectivity index (χ0n) is 10.9. The normalized spacial score (nSPS) is 10.2. The average molecular weight is 389 g/mol. The van der Waals surface area contributed by atoms with Crippen LogP contribution < -0.4 is 10.1 Å². The molecule has 0 fully saturated rings. The summed E-state index contributed by atoms with van der Waals surface area (Å²) in [4.78, 5) is 12.0. The second-order valence-electron chi connectivity index (χ2n) is 4.16. The smallest absolute Gasteiger partial charge is 0.252 e. The molecule has 110 valence electrons. The number of rotatable bonds is 5. The van der Waals surface area contributed by atoms with E-state index in [-0.39, 0.29) is 5.91 Å². The van der Waals surface area contributed by atoms with Crippen LogP contribution in [0.15, 0.2) is 46.9 Å². The Balaban J connectivity index is 1.85. The Bertz CT molecular complexity index is 649. The molecule has 0 unspecified atom stereocenters. The van der Waals surface area contributed by atoms with Gasteiger partial charge in [0.05, 0.1) is 22.2 Å². The molecule has 2 aromatic carbocycles. The van der Waals surface area contributed by atoms with Crippen molar-refractivity contribution in [3.8, 4) is 5.75 Å². The first-order valence-corrected chi connectivity index (χ1v) is 7.73. The van der Waals surface area contributed by atoms with Crippen molar-refractivity contribution < 1.29 is 9.53 Å². The Morgan fingerprint density at radius 2 is 1.90 bits per heavy atom. The Kier molecular flexibility index (Phi) is 5.91. The van der Waals surface area contributed by atoms with Crippen molar-refractivity contribution in [3.05, 3.63) is 62.5 Å². The van der Waals surface area contributed by atoms with Gasteiger partial charge in [0.25, 0.3) is 5.91 Å². The number of halogens is 3. The number of para-hydroxylation sites is 1. The van der Waals surface area contributed by atoms with Gasteiger partial charge in [0.1, 0.15) is 12.4 Å². The van der Waals surface area contributed by atoms with E-state index >= 15 is 0 Å². The van der Waals surface area contributed by atoms with Crippen LogP contribution in [0.5, 0.6) is 5.75 Å². The SMILES string of the molecule is O=C(NCCOc1ccccc1Cl)c1cc(Br)ccc1Cl. The minimum atomic E-state index is -0.246. The fourth-order valence-corrected chi connectivity index (χ4v) is 2.41. The topological polar surface area (TPSA) is 38.3 Å². The van der Waals surface area contributed by atoms with E-state index in [9.17, 15) is 4.79 Å². The summed E-state index contributed by atoms with van der Waals surface area (Å²) in [7, 11) is 0. The molecule has 2 rings (SSSR count). The van der Waals surface area contributed by atoms with Crippen molar-refractivity contribution in [3.63, 3.8) is 0 Å². The number of hydrogen-bond donors (Lipinski definition) is 1. The highest BCUT2D eigenvalue weighted by molar-refractivity contribution is 9.10. The molecule has 0 heterocycles. The predicted octanol–water partition coefficient (Wildman–Crippen LogP) is 4.56. The molecule has 0 saturated heterocycles. The van der Waals surface area contributed by atoms with Gasteiger partial charge in [-0.3, -0.25) is 4.79 Å².